The molecule has 1 unspecified atom stereocenters. The van der Waals surface area contributed by atoms with Crippen LogP contribution in [0.15, 0.2) is 12.1 Å². The molecule has 2 nitrogen and oxygen atoms in total. The van der Waals surface area contributed by atoms with Crippen LogP contribution in [0.25, 0.3) is 10.9 Å². The summed E-state index contributed by atoms with van der Waals surface area (Å²) in [6.45, 7) is 7.07. The lowest BCUT2D eigenvalue weighted by molar-refractivity contribution is 0.222. The molecule has 106 valence electrons. The maximum atomic E-state index is 3.53. The lowest BCUT2D eigenvalue weighted by Crippen LogP contribution is -2.37. The quantitative estimate of drug-likeness (QED) is 0.835. The number of fused-ring (bicyclic) bond motifs is 2. The Morgan fingerprint density at radius 3 is 2.70 bits per heavy atom. The fourth-order valence-electron chi connectivity index (χ4n) is 4.12. The van der Waals surface area contributed by atoms with E-state index in [4.69, 9.17) is 0 Å². The minimum Gasteiger partial charge on any atom is -0.358 e. The highest BCUT2D eigenvalue weighted by atomic mass is 15.2. The van der Waals surface area contributed by atoms with E-state index in [2.05, 4.69) is 35.9 Å². The zero-order valence-electron chi connectivity index (χ0n) is 12.6. The van der Waals surface area contributed by atoms with Crippen LogP contribution in [0.1, 0.15) is 41.6 Å². The third kappa shape index (κ3) is 1.89. The van der Waals surface area contributed by atoms with Gasteiger partial charge >= 0.3 is 0 Å². The second-order valence-corrected chi connectivity index (χ2v) is 6.68. The SMILES string of the molecule is Cc1[nH]c2cc3c(cc2c1C)CC(N1CCCC1)CC3. The Hall–Kier alpha value is -1.28. The van der Waals surface area contributed by atoms with Crippen molar-refractivity contribution in [2.45, 2.75) is 52.0 Å². The number of rotatable bonds is 1. The fraction of sp³-hybridized carbons (Fsp3) is 0.556. The fourth-order valence-corrected chi connectivity index (χ4v) is 4.12. The highest BCUT2D eigenvalue weighted by molar-refractivity contribution is 5.86. The van der Waals surface area contributed by atoms with Crippen LogP contribution in [0.2, 0.25) is 0 Å². The Labute approximate surface area is 121 Å². The molecule has 2 heterocycles. The first-order chi connectivity index (χ1) is 9.72. The summed E-state index contributed by atoms with van der Waals surface area (Å²) in [7, 11) is 0. The van der Waals surface area contributed by atoms with E-state index < -0.39 is 0 Å². The van der Waals surface area contributed by atoms with Crippen LogP contribution in [-0.2, 0) is 12.8 Å². The summed E-state index contributed by atoms with van der Waals surface area (Å²) in [5, 5.41) is 1.43. The lowest BCUT2D eigenvalue weighted by atomic mass is 9.86. The van der Waals surface area contributed by atoms with Crippen molar-refractivity contribution in [2.24, 2.45) is 0 Å². The van der Waals surface area contributed by atoms with Crippen LogP contribution in [0, 0.1) is 13.8 Å². The van der Waals surface area contributed by atoms with E-state index in [1.807, 2.05) is 0 Å². The normalized spacial score (nSPS) is 23.4. The number of hydrogen-bond donors (Lipinski definition) is 1. The number of nitrogens with one attached hydrogen (secondary N) is 1. The maximum Gasteiger partial charge on any atom is 0.0461 e. The van der Waals surface area contributed by atoms with E-state index >= 15 is 0 Å². The molecule has 20 heavy (non-hydrogen) atoms. The van der Waals surface area contributed by atoms with Crippen LogP contribution in [0.5, 0.6) is 0 Å². The topological polar surface area (TPSA) is 19.0 Å². The molecule has 0 radical (unpaired) electrons. The molecule has 1 fully saturated rings. The predicted molar refractivity (Wildman–Crippen MR) is 84.4 cm³/mol. The van der Waals surface area contributed by atoms with Gasteiger partial charge in [0.2, 0.25) is 0 Å². The van der Waals surface area contributed by atoms with Gasteiger partial charge in [0, 0.05) is 22.6 Å². The number of aromatic nitrogens is 1. The zero-order chi connectivity index (χ0) is 13.7. The van der Waals surface area contributed by atoms with Crippen molar-refractivity contribution in [1.82, 2.24) is 9.88 Å². The minimum atomic E-state index is 0.794. The van der Waals surface area contributed by atoms with Crippen LogP contribution < -0.4 is 0 Å². The molecule has 0 bridgehead atoms. The molecule has 1 N–H and O–H groups in total. The highest BCUT2D eigenvalue weighted by Gasteiger charge is 2.26. The van der Waals surface area contributed by atoms with Gasteiger partial charge in [0.05, 0.1) is 0 Å². The first kappa shape index (κ1) is 12.5. The standard InChI is InChI=1S/C18H24N2/c1-12-13(2)19-18-11-14-5-6-16(20-7-3-4-8-20)9-15(14)10-17(12)18/h10-11,16,19H,3-9H2,1-2H3. The van der Waals surface area contributed by atoms with E-state index in [-0.39, 0.29) is 0 Å². The lowest BCUT2D eigenvalue weighted by Gasteiger charge is -2.32. The number of aryl methyl sites for hydroxylation is 3. The van der Waals surface area contributed by atoms with Gasteiger partial charge < -0.3 is 9.88 Å². The van der Waals surface area contributed by atoms with E-state index in [0.29, 0.717) is 0 Å². The van der Waals surface area contributed by atoms with Gasteiger partial charge in [-0.15, -0.1) is 0 Å². The van der Waals surface area contributed by atoms with Gasteiger partial charge in [-0.2, -0.15) is 0 Å². The van der Waals surface area contributed by atoms with Gasteiger partial charge in [-0.3, -0.25) is 0 Å². The smallest absolute Gasteiger partial charge is 0.0461 e. The second kappa shape index (κ2) is 4.63. The molecule has 1 saturated heterocycles. The number of benzene rings is 1. The summed E-state index contributed by atoms with van der Waals surface area (Å²) in [5.74, 6) is 0. The van der Waals surface area contributed by atoms with Gasteiger partial charge in [-0.05, 0) is 87.9 Å². The Morgan fingerprint density at radius 1 is 1.10 bits per heavy atom. The van der Waals surface area contributed by atoms with Crippen LogP contribution in [0.4, 0.5) is 0 Å². The van der Waals surface area contributed by atoms with Gasteiger partial charge in [0.15, 0.2) is 0 Å². The van der Waals surface area contributed by atoms with Crippen molar-refractivity contribution in [2.75, 3.05) is 13.1 Å². The second-order valence-electron chi connectivity index (χ2n) is 6.68. The van der Waals surface area contributed by atoms with Crippen molar-refractivity contribution < 1.29 is 0 Å². The first-order valence-corrected chi connectivity index (χ1v) is 8.07. The molecule has 1 atom stereocenters. The molecule has 0 saturated carbocycles. The van der Waals surface area contributed by atoms with E-state index in [1.54, 1.807) is 11.1 Å². The summed E-state index contributed by atoms with van der Waals surface area (Å²) in [5.41, 5.74) is 7.25. The number of likely N-dealkylation sites (tertiary alicyclic amines) is 1. The molecule has 0 amide bonds. The summed E-state index contributed by atoms with van der Waals surface area (Å²) in [6, 6.07) is 5.67. The minimum absolute atomic E-state index is 0.794. The molecule has 1 aromatic carbocycles. The van der Waals surface area contributed by atoms with E-state index in [0.717, 1.165) is 6.04 Å². The van der Waals surface area contributed by atoms with Crippen molar-refractivity contribution in [3.63, 3.8) is 0 Å². The summed E-state index contributed by atoms with van der Waals surface area (Å²) >= 11 is 0. The summed E-state index contributed by atoms with van der Waals surface area (Å²) in [6.07, 6.45) is 6.66. The number of nitrogens with zero attached hydrogens (tertiary/aromatic N) is 1. The van der Waals surface area contributed by atoms with Gasteiger partial charge in [-0.25, -0.2) is 0 Å². The molecule has 1 aliphatic carbocycles. The van der Waals surface area contributed by atoms with E-state index in [9.17, 15) is 0 Å². The molecular formula is C18H24N2. The molecule has 2 heteroatoms. The van der Waals surface area contributed by atoms with Gasteiger partial charge in [0.1, 0.15) is 0 Å². The molecule has 4 rings (SSSR count). The summed E-state index contributed by atoms with van der Waals surface area (Å²) < 4.78 is 0. The Morgan fingerprint density at radius 2 is 1.90 bits per heavy atom. The van der Waals surface area contributed by atoms with Crippen LogP contribution >= 0.6 is 0 Å². The number of aromatic amines is 1. The highest BCUT2D eigenvalue weighted by Crippen LogP contribution is 2.31. The predicted octanol–water partition coefficient (Wildman–Crippen LogP) is 3.74. The molecule has 2 aliphatic rings. The third-order valence-electron chi connectivity index (χ3n) is 5.49. The molecule has 0 spiro atoms. The van der Waals surface area contributed by atoms with Crippen molar-refractivity contribution in [3.05, 3.63) is 34.5 Å². The molecule has 1 aromatic heterocycles. The van der Waals surface area contributed by atoms with Crippen LogP contribution in [0.3, 0.4) is 0 Å². The van der Waals surface area contributed by atoms with Gasteiger partial charge in [-0.1, -0.05) is 0 Å². The largest absolute Gasteiger partial charge is 0.358 e. The average Bonchev–Trinajstić information content (AvgIpc) is 3.07. The molecule has 2 aromatic rings. The van der Waals surface area contributed by atoms with Gasteiger partial charge in [0.25, 0.3) is 0 Å². The average molecular weight is 268 g/mol. The van der Waals surface area contributed by atoms with E-state index in [1.165, 1.54) is 67.4 Å². The third-order valence-corrected chi connectivity index (χ3v) is 5.49. The maximum absolute atomic E-state index is 3.53. The van der Waals surface area contributed by atoms with Crippen molar-refractivity contribution >= 4 is 10.9 Å². The van der Waals surface area contributed by atoms with Crippen LogP contribution in [-0.4, -0.2) is 29.0 Å². The Kier molecular flexibility index (Phi) is 2.88. The number of H-pyrrole nitrogens is 1. The zero-order valence-corrected chi connectivity index (χ0v) is 12.6. The number of hydrogen-bond acceptors (Lipinski definition) is 1. The Balaban J connectivity index is 1.71. The Bertz CT molecular complexity index is 647. The first-order valence-electron chi connectivity index (χ1n) is 8.07. The summed E-state index contributed by atoms with van der Waals surface area (Å²) in [4.78, 5) is 6.26. The molecular weight excluding hydrogens is 244 g/mol. The van der Waals surface area contributed by atoms with Crippen molar-refractivity contribution in [1.29, 1.82) is 0 Å². The van der Waals surface area contributed by atoms with Crippen molar-refractivity contribution in [3.8, 4) is 0 Å². The monoisotopic (exact) mass is 268 g/mol. The molecule has 1 aliphatic heterocycles.